The van der Waals surface area contributed by atoms with E-state index < -0.39 is 15.8 Å². The summed E-state index contributed by atoms with van der Waals surface area (Å²) in [6, 6.07) is 14.9. The van der Waals surface area contributed by atoms with Gasteiger partial charge in [-0.05, 0) is 42.0 Å². The molecule has 0 aliphatic carbocycles. The van der Waals surface area contributed by atoms with Crippen LogP contribution in [0.4, 0.5) is 4.39 Å². The summed E-state index contributed by atoms with van der Waals surface area (Å²) in [7, 11) is -3.77. The Bertz CT molecular complexity index is 1380. The van der Waals surface area contributed by atoms with Crippen molar-refractivity contribution >= 4 is 10.0 Å². The van der Waals surface area contributed by atoms with Crippen molar-refractivity contribution < 1.29 is 12.8 Å². The summed E-state index contributed by atoms with van der Waals surface area (Å²) in [5.41, 5.74) is 1.49. The molecule has 4 aromatic rings. The molecule has 0 fully saturated rings. The van der Waals surface area contributed by atoms with Crippen molar-refractivity contribution in [3.05, 3.63) is 94.7 Å². The van der Waals surface area contributed by atoms with Crippen LogP contribution >= 0.6 is 0 Å². The van der Waals surface area contributed by atoms with E-state index in [1.54, 1.807) is 35.0 Å². The van der Waals surface area contributed by atoms with Crippen LogP contribution in [0.3, 0.4) is 0 Å². The van der Waals surface area contributed by atoms with Gasteiger partial charge in [0, 0.05) is 12.3 Å². The Morgan fingerprint density at radius 3 is 2.50 bits per heavy atom. The van der Waals surface area contributed by atoms with Crippen LogP contribution < -0.4 is 10.6 Å². The van der Waals surface area contributed by atoms with E-state index in [2.05, 4.69) is 10.2 Å². The van der Waals surface area contributed by atoms with Crippen LogP contribution in [0.5, 0.6) is 0 Å². The van der Waals surface area contributed by atoms with Crippen molar-refractivity contribution in [3.8, 4) is 17.1 Å². The van der Waals surface area contributed by atoms with Gasteiger partial charge in [0.25, 0.3) is 0 Å². The summed E-state index contributed by atoms with van der Waals surface area (Å²) in [6.45, 7) is 0.298. The number of hydrogen-bond donors (Lipinski definition) is 1. The number of hydrogen-bond acceptors (Lipinski definition) is 5. The van der Waals surface area contributed by atoms with Crippen LogP contribution in [-0.4, -0.2) is 28.0 Å². The molecule has 2 heterocycles. The van der Waals surface area contributed by atoms with E-state index in [4.69, 9.17) is 5.14 Å². The lowest BCUT2D eigenvalue weighted by atomic mass is 10.2. The SMILES string of the molecule is NS(=O)(=O)c1ccc(Cn2ccc(=O)c(-c3ccnn3-c3cccc(F)c3)n2)cc1. The van der Waals surface area contributed by atoms with Gasteiger partial charge < -0.3 is 0 Å². The fourth-order valence-corrected chi connectivity index (χ4v) is 3.49. The number of rotatable bonds is 5. The van der Waals surface area contributed by atoms with Crippen LogP contribution in [0, 0.1) is 5.82 Å². The van der Waals surface area contributed by atoms with Gasteiger partial charge in [-0.15, -0.1) is 0 Å². The smallest absolute Gasteiger partial charge is 0.238 e. The fourth-order valence-electron chi connectivity index (χ4n) is 2.98. The first-order valence-electron chi connectivity index (χ1n) is 8.81. The Morgan fingerprint density at radius 2 is 1.80 bits per heavy atom. The van der Waals surface area contributed by atoms with Gasteiger partial charge in [-0.25, -0.2) is 22.6 Å². The minimum Gasteiger partial charge on any atom is -0.287 e. The third-order valence-electron chi connectivity index (χ3n) is 4.39. The second-order valence-corrected chi connectivity index (χ2v) is 8.08. The van der Waals surface area contributed by atoms with Gasteiger partial charge in [0.15, 0.2) is 5.69 Å². The van der Waals surface area contributed by atoms with E-state index >= 15 is 0 Å². The van der Waals surface area contributed by atoms with Gasteiger partial charge in [0.1, 0.15) is 5.82 Å². The lowest BCUT2D eigenvalue weighted by Gasteiger charge is -2.10. The van der Waals surface area contributed by atoms with Crippen LogP contribution in [0.25, 0.3) is 17.1 Å². The number of aromatic nitrogens is 4. The van der Waals surface area contributed by atoms with Crippen molar-refractivity contribution in [1.29, 1.82) is 0 Å². The van der Waals surface area contributed by atoms with E-state index in [1.165, 1.54) is 47.4 Å². The van der Waals surface area contributed by atoms with Gasteiger partial charge in [0.2, 0.25) is 15.5 Å². The van der Waals surface area contributed by atoms with Crippen molar-refractivity contribution in [2.24, 2.45) is 5.14 Å². The molecule has 10 heteroatoms. The molecule has 152 valence electrons. The molecule has 4 rings (SSSR count). The molecule has 2 N–H and O–H groups in total. The molecule has 0 spiro atoms. The molecule has 8 nitrogen and oxygen atoms in total. The second kappa shape index (κ2) is 7.65. The number of nitrogens with zero attached hydrogens (tertiary/aromatic N) is 4. The maximum Gasteiger partial charge on any atom is 0.238 e. The summed E-state index contributed by atoms with van der Waals surface area (Å²) in [5.74, 6) is -0.421. The van der Waals surface area contributed by atoms with E-state index in [0.717, 1.165) is 5.56 Å². The van der Waals surface area contributed by atoms with Crippen molar-refractivity contribution in [2.75, 3.05) is 0 Å². The normalized spacial score (nSPS) is 11.5. The maximum absolute atomic E-state index is 13.6. The van der Waals surface area contributed by atoms with Crippen LogP contribution in [0.2, 0.25) is 0 Å². The quantitative estimate of drug-likeness (QED) is 0.525. The second-order valence-electron chi connectivity index (χ2n) is 6.52. The first kappa shape index (κ1) is 19.7. The standard InChI is InChI=1S/C20H16FN5O3S/c21-15-2-1-3-16(12-15)26-18(8-10-23-26)20-19(27)9-11-25(24-20)13-14-4-6-17(7-5-14)30(22,28)29/h1-12H,13H2,(H2,22,28,29). The Hall–Kier alpha value is -3.63. The van der Waals surface area contributed by atoms with Gasteiger partial charge in [-0.2, -0.15) is 10.2 Å². The van der Waals surface area contributed by atoms with Crippen molar-refractivity contribution in [3.63, 3.8) is 0 Å². The molecule has 2 aromatic carbocycles. The molecular formula is C20H16FN5O3S. The average molecular weight is 425 g/mol. The Morgan fingerprint density at radius 1 is 1.03 bits per heavy atom. The predicted octanol–water partition coefficient (Wildman–Crippen LogP) is 1.93. The highest BCUT2D eigenvalue weighted by Crippen LogP contribution is 2.19. The van der Waals surface area contributed by atoms with E-state index in [-0.39, 0.29) is 16.0 Å². The highest BCUT2D eigenvalue weighted by Gasteiger charge is 2.14. The molecule has 2 aromatic heterocycles. The van der Waals surface area contributed by atoms with E-state index in [9.17, 15) is 17.6 Å². The average Bonchev–Trinajstić information content (AvgIpc) is 3.19. The first-order valence-corrected chi connectivity index (χ1v) is 10.4. The summed E-state index contributed by atoms with van der Waals surface area (Å²) in [6.07, 6.45) is 3.03. The molecule has 30 heavy (non-hydrogen) atoms. The fraction of sp³-hybridized carbons (Fsp3) is 0.0500. The molecule has 0 saturated heterocycles. The lowest BCUT2D eigenvalue weighted by Crippen LogP contribution is -2.16. The number of halogens is 1. The molecule has 0 radical (unpaired) electrons. The molecule has 0 aliphatic heterocycles. The molecule has 0 amide bonds. The maximum atomic E-state index is 13.6. The van der Waals surface area contributed by atoms with Gasteiger partial charge >= 0.3 is 0 Å². The number of sulfonamides is 1. The summed E-state index contributed by atoms with van der Waals surface area (Å²) < 4.78 is 39.4. The third-order valence-corrected chi connectivity index (χ3v) is 5.32. The summed E-state index contributed by atoms with van der Waals surface area (Å²) in [5, 5.41) is 13.7. The molecule has 0 saturated carbocycles. The summed E-state index contributed by atoms with van der Waals surface area (Å²) in [4.78, 5) is 12.5. The van der Waals surface area contributed by atoms with Crippen molar-refractivity contribution in [1.82, 2.24) is 19.6 Å². The van der Waals surface area contributed by atoms with Crippen LogP contribution in [-0.2, 0) is 16.6 Å². The Kier molecular flexibility index (Phi) is 5.02. The lowest BCUT2D eigenvalue weighted by molar-refractivity contribution is 0.597. The molecule has 0 unspecified atom stereocenters. The first-order chi connectivity index (χ1) is 14.3. The predicted molar refractivity (Wildman–Crippen MR) is 108 cm³/mol. The third kappa shape index (κ3) is 4.04. The highest BCUT2D eigenvalue weighted by atomic mass is 32.2. The molecule has 0 aliphatic rings. The minimum absolute atomic E-state index is 0.0128. The molecule has 0 bridgehead atoms. The number of nitrogens with two attached hydrogens (primary N) is 1. The highest BCUT2D eigenvalue weighted by molar-refractivity contribution is 7.89. The summed E-state index contributed by atoms with van der Waals surface area (Å²) >= 11 is 0. The molecule has 0 atom stereocenters. The van der Waals surface area contributed by atoms with Gasteiger partial charge in [-0.3, -0.25) is 9.48 Å². The van der Waals surface area contributed by atoms with Gasteiger partial charge in [0.05, 0.1) is 29.0 Å². The van der Waals surface area contributed by atoms with E-state index in [1.807, 2.05) is 0 Å². The Balaban J connectivity index is 1.69. The zero-order chi connectivity index (χ0) is 21.3. The Labute approximate surface area is 171 Å². The zero-order valence-corrected chi connectivity index (χ0v) is 16.3. The number of primary sulfonamides is 1. The molecular weight excluding hydrogens is 409 g/mol. The van der Waals surface area contributed by atoms with Crippen molar-refractivity contribution in [2.45, 2.75) is 11.4 Å². The monoisotopic (exact) mass is 425 g/mol. The minimum atomic E-state index is -3.77. The van der Waals surface area contributed by atoms with E-state index in [0.29, 0.717) is 17.9 Å². The zero-order valence-electron chi connectivity index (χ0n) is 15.5. The topological polar surface area (TPSA) is 113 Å². The van der Waals surface area contributed by atoms with Gasteiger partial charge in [-0.1, -0.05) is 18.2 Å². The van der Waals surface area contributed by atoms with Crippen LogP contribution in [0.1, 0.15) is 5.56 Å². The largest absolute Gasteiger partial charge is 0.287 e. The van der Waals surface area contributed by atoms with Crippen LogP contribution in [0.15, 0.2) is 82.7 Å². The number of benzene rings is 2.